The Morgan fingerprint density at radius 1 is 1.00 bits per heavy atom. The number of aromatic hydroxyl groups is 1. The van der Waals surface area contributed by atoms with Crippen LogP contribution in [0.1, 0.15) is 12.8 Å². The lowest BCUT2D eigenvalue weighted by atomic mass is 10.1. The standard InChI is InChI=1S/C17H19NO4S/c1-22-16-11-14(10-15(19)12-16)13-4-6-17(7-5-13)23(20,21)18-8-2-3-9-18/h4-7,10-12,19H,2-3,8-9H2,1H3. The van der Waals surface area contributed by atoms with Crippen molar-refractivity contribution in [1.82, 2.24) is 4.31 Å². The molecule has 5 nitrogen and oxygen atoms in total. The fourth-order valence-electron chi connectivity index (χ4n) is 2.76. The summed E-state index contributed by atoms with van der Waals surface area (Å²) in [6.45, 7) is 1.18. The SMILES string of the molecule is COc1cc(O)cc(-c2ccc(S(=O)(=O)N3CCCC3)cc2)c1. The van der Waals surface area contributed by atoms with Gasteiger partial charge in [0.1, 0.15) is 11.5 Å². The van der Waals surface area contributed by atoms with E-state index in [1.807, 2.05) is 0 Å². The van der Waals surface area contributed by atoms with Gasteiger partial charge in [-0.25, -0.2) is 8.42 Å². The van der Waals surface area contributed by atoms with Crippen LogP contribution in [-0.2, 0) is 10.0 Å². The van der Waals surface area contributed by atoms with Gasteiger partial charge in [-0.1, -0.05) is 12.1 Å². The fourth-order valence-corrected chi connectivity index (χ4v) is 4.28. The van der Waals surface area contributed by atoms with E-state index in [0.29, 0.717) is 23.7 Å². The molecule has 1 N–H and O–H groups in total. The number of benzene rings is 2. The van der Waals surface area contributed by atoms with Crippen LogP contribution in [0.3, 0.4) is 0 Å². The number of hydrogen-bond acceptors (Lipinski definition) is 4. The van der Waals surface area contributed by atoms with Crippen LogP contribution in [0.15, 0.2) is 47.4 Å². The van der Waals surface area contributed by atoms with Crippen molar-refractivity contribution in [3.05, 3.63) is 42.5 Å². The molecule has 1 heterocycles. The normalized spacial score (nSPS) is 15.7. The largest absolute Gasteiger partial charge is 0.508 e. The van der Waals surface area contributed by atoms with E-state index in [2.05, 4.69) is 0 Å². The molecule has 0 spiro atoms. The van der Waals surface area contributed by atoms with Crippen molar-refractivity contribution in [2.24, 2.45) is 0 Å². The molecule has 2 aromatic carbocycles. The van der Waals surface area contributed by atoms with Gasteiger partial charge in [0.2, 0.25) is 10.0 Å². The first-order chi connectivity index (χ1) is 11.0. The molecule has 0 radical (unpaired) electrons. The van der Waals surface area contributed by atoms with Crippen molar-refractivity contribution < 1.29 is 18.3 Å². The summed E-state index contributed by atoms with van der Waals surface area (Å²) >= 11 is 0. The highest BCUT2D eigenvalue weighted by molar-refractivity contribution is 7.89. The van der Waals surface area contributed by atoms with Gasteiger partial charge in [0.05, 0.1) is 12.0 Å². The van der Waals surface area contributed by atoms with Gasteiger partial charge in [-0.2, -0.15) is 4.31 Å². The van der Waals surface area contributed by atoms with E-state index in [-0.39, 0.29) is 5.75 Å². The number of hydrogen-bond donors (Lipinski definition) is 1. The Morgan fingerprint density at radius 3 is 2.26 bits per heavy atom. The Hall–Kier alpha value is -2.05. The molecule has 122 valence electrons. The molecule has 3 rings (SSSR count). The second-order valence-electron chi connectivity index (χ2n) is 5.56. The van der Waals surface area contributed by atoms with Crippen molar-refractivity contribution in [2.75, 3.05) is 20.2 Å². The summed E-state index contributed by atoms with van der Waals surface area (Å²) in [5.74, 6) is 0.655. The van der Waals surface area contributed by atoms with Gasteiger partial charge in [0, 0.05) is 19.2 Å². The zero-order chi connectivity index (χ0) is 16.4. The van der Waals surface area contributed by atoms with Crippen molar-refractivity contribution in [3.63, 3.8) is 0 Å². The topological polar surface area (TPSA) is 66.8 Å². The minimum absolute atomic E-state index is 0.105. The van der Waals surface area contributed by atoms with E-state index < -0.39 is 10.0 Å². The summed E-state index contributed by atoms with van der Waals surface area (Å²) in [6.07, 6.45) is 1.83. The van der Waals surface area contributed by atoms with E-state index >= 15 is 0 Å². The van der Waals surface area contributed by atoms with Gasteiger partial charge in [0.25, 0.3) is 0 Å². The molecule has 23 heavy (non-hydrogen) atoms. The highest BCUT2D eigenvalue weighted by Crippen LogP contribution is 2.30. The van der Waals surface area contributed by atoms with E-state index in [1.54, 1.807) is 36.4 Å². The first kappa shape index (κ1) is 15.8. The third-order valence-corrected chi connectivity index (χ3v) is 5.93. The minimum Gasteiger partial charge on any atom is -0.508 e. The molecule has 0 aromatic heterocycles. The number of sulfonamides is 1. The summed E-state index contributed by atoms with van der Waals surface area (Å²) in [5, 5.41) is 9.73. The molecule has 0 unspecified atom stereocenters. The molecule has 6 heteroatoms. The molecular formula is C17H19NO4S. The van der Waals surface area contributed by atoms with Crippen LogP contribution < -0.4 is 4.74 Å². The zero-order valence-corrected chi connectivity index (χ0v) is 13.7. The maximum absolute atomic E-state index is 12.5. The third kappa shape index (κ3) is 3.18. The van der Waals surface area contributed by atoms with E-state index in [4.69, 9.17) is 4.74 Å². The van der Waals surface area contributed by atoms with Gasteiger partial charge in [0.15, 0.2) is 0 Å². The van der Waals surface area contributed by atoms with Gasteiger partial charge < -0.3 is 9.84 Å². The van der Waals surface area contributed by atoms with Crippen molar-refractivity contribution in [3.8, 4) is 22.6 Å². The average molecular weight is 333 g/mol. The minimum atomic E-state index is -3.40. The lowest BCUT2D eigenvalue weighted by Crippen LogP contribution is -2.27. The van der Waals surface area contributed by atoms with Crippen molar-refractivity contribution in [1.29, 1.82) is 0 Å². The fraction of sp³-hybridized carbons (Fsp3) is 0.294. The second kappa shape index (κ2) is 6.22. The van der Waals surface area contributed by atoms with Crippen LogP contribution >= 0.6 is 0 Å². The quantitative estimate of drug-likeness (QED) is 0.934. The number of phenols is 1. The third-order valence-electron chi connectivity index (χ3n) is 4.02. The van der Waals surface area contributed by atoms with E-state index in [1.165, 1.54) is 17.5 Å². The summed E-state index contributed by atoms with van der Waals surface area (Å²) in [6, 6.07) is 11.7. The molecule has 0 amide bonds. The van der Waals surface area contributed by atoms with Gasteiger partial charge in [-0.05, 0) is 48.2 Å². The highest BCUT2D eigenvalue weighted by atomic mass is 32.2. The summed E-state index contributed by atoms with van der Waals surface area (Å²) in [7, 11) is -1.87. The number of methoxy groups -OCH3 is 1. The Labute approximate surface area is 136 Å². The molecule has 0 aliphatic carbocycles. The van der Waals surface area contributed by atoms with Crippen LogP contribution in [0.2, 0.25) is 0 Å². The first-order valence-corrected chi connectivity index (χ1v) is 8.93. The Balaban J connectivity index is 1.92. The number of rotatable bonds is 4. The number of phenolic OH excluding ortho intramolecular Hbond substituents is 1. The van der Waals surface area contributed by atoms with Gasteiger partial charge >= 0.3 is 0 Å². The molecule has 1 saturated heterocycles. The van der Waals surface area contributed by atoms with Crippen LogP contribution in [0.5, 0.6) is 11.5 Å². The van der Waals surface area contributed by atoms with Crippen molar-refractivity contribution >= 4 is 10.0 Å². The molecule has 0 atom stereocenters. The Bertz CT molecular complexity index is 794. The van der Waals surface area contributed by atoms with Crippen LogP contribution in [0, 0.1) is 0 Å². The second-order valence-corrected chi connectivity index (χ2v) is 7.49. The zero-order valence-electron chi connectivity index (χ0n) is 12.9. The smallest absolute Gasteiger partial charge is 0.243 e. The van der Waals surface area contributed by atoms with Gasteiger partial charge in [-0.15, -0.1) is 0 Å². The average Bonchev–Trinajstić information content (AvgIpc) is 3.09. The molecule has 1 aliphatic heterocycles. The van der Waals surface area contributed by atoms with Gasteiger partial charge in [-0.3, -0.25) is 0 Å². The van der Waals surface area contributed by atoms with Crippen LogP contribution in [-0.4, -0.2) is 38.0 Å². The maximum Gasteiger partial charge on any atom is 0.243 e. The molecular weight excluding hydrogens is 314 g/mol. The molecule has 0 saturated carbocycles. The predicted octanol–water partition coefficient (Wildman–Crippen LogP) is 2.85. The number of nitrogens with zero attached hydrogens (tertiary/aromatic N) is 1. The van der Waals surface area contributed by atoms with Crippen LogP contribution in [0.25, 0.3) is 11.1 Å². The lowest BCUT2D eigenvalue weighted by molar-refractivity contribution is 0.408. The highest BCUT2D eigenvalue weighted by Gasteiger charge is 2.26. The number of ether oxygens (including phenoxy) is 1. The van der Waals surface area contributed by atoms with Crippen LogP contribution in [0.4, 0.5) is 0 Å². The summed E-state index contributed by atoms with van der Waals surface area (Å²) in [5.41, 5.74) is 1.59. The predicted molar refractivity (Wildman–Crippen MR) is 88.1 cm³/mol. The van der Waals surface area contributed by atoms with E-state index in [0.717, 1.165) is 24.0 Å². The summed E-state index contributed by atoms with van der Waals surface area (Å²) in [4.78, 5) is 0.301. The first-order valence-electron chi connectivity index (χ1n) is 7.49. The van der Waals surface area contributed by atoms with E-state index in [9.17, 15) is 13.5 Å². The summed E-state index contributed by atoms with van der Waals surface area (Å²) < 4.78 is 31.7. The molecule has 1 aliphatic rings. The monoisotopic (exact) mass is 333 g/mol. The molecule has 1 fully saturated rings. The molecule has 2 aromatic rings. The van der Waals surface area contributed by atoms with Crippen molar-refractivity contribution in [2.45, 2.75) is 17.7 Å². The maximum atomic E-state index is 12.5. The Morgan fingerprint density at radius 2 is 1.65 bits per heavy atom. The molecule has 0 bridgehead atoms. The lowest BCUT2D eigenvalue weighted by Gasteiger charge is -2.15. The Kier molecular flexibility index (Phi) is 4.28.